The van der Waals surface area contributed by atoms with Crippen molar-refractivity contribution in [3.8, 4) is 0 Å². The second-order valence-electron chi connectivity index (χ2n) is 4.10. The van der Waals surface area contributed by atoms with Gasteiger partial charge in [-0.2, -0.15) is 0 Å². The van der Waals surface area contributed by atoms with Crippen LogP contribution in [0.4, 0.5) is 0 Å². The highest BCUT2D eigenvalue weighted by Gasteiger charge is 2.27. The maximum Gasteiger partial charge on any atom is 0.214 e. The molecule has 1 aliphatic heterocycles. The molecule has 96 valence electrons. The van der Waals surface area contributed by atoms with E-state index in [0.717, 1.165) is 0 Å². The maximum atomic E-state index is 11.8. The van der Waals surface area contributed by atoms with Crippen LogP contribution in [-0.4, -0.2) is 44.6 Å². The zero-order chi connectivity index (χ0) is 12.0. The van der Waals surface area contributed by atoms with Crippen LogP contribution in [0.3, 0.4) is 0 Å². The fourth-order valence-corrected chi connectivity index (χ4v) is 3.13. The van der Waals surface area contributed by atoms with E-state index < -0.39 is 16.1 Å². The summed E-state index contributed by atoms with van der Waals surface area (Å²) in [5.41, 5.74) is 0. The first-order valence-corrected chi connectivity index (χ1v) is 7.35. The van der Waals surface area contributed by atoms with Gasteiger partial charge >= 0.3 is 0 Å². The van der Waals surface area contributed by atoms with Crippen LogP contribution in [0, 0.1) is 0 Å². The highest BCUT2D eigenvalue weighted by Crippen LogP contribution is 2.14. The lowest BCUT2D eigenvalue weighted by Gasteiger charge is -2.22. The quantitative estimate of drug-likeness (QED) is 0.709. The van der Waals surface area contributed by atoms with Crippen LogP contribution >= 0.6 is 0 Å². The molecule has 0 aromatic heterocycles. The molecule has 0 spiro atoms. The topological polar surface area (TPSA) is 75.6 Å². The monoisotopic (exact) mass is 251 g/mol. The van der Waals surface area contributed by atoms with E-state index in [9.17, 15) is 13.5 Å². The first-order valence-electron chi connectivity index (χ1n) is 5.80. The number of sulfonamides is 1. The summed E-state index contributed by atoms with van der Waals surface area (Å²) in [6, 6.07) is 0. The predicted molar refractivity (Wildman–Crippen MR) is 61.7 cm³/mol. The molecule has 1 fully saturated rings. The molecule has 0 saturated carbocycles. The Bertz CT molecular complexity index is 285. The Morgan fingerprint density at radius 2 is 2.06 bits per heavy atom. The van der Waals surface area contributed by atoms with E-state index in [1.54, 1.807) is 0 Å². The van der Waals surface area contributed by atoms with Gasteiger partial charge in [0.25, 0.3) is 0 Å². The lowest BCUT2D eigenvalue weighted by molar-refractivity contribution is 0.0981. The van der Waals surface area contributed by atoms with E-state index in [1.807, 2.05) is 6.92 Å². The Morgan fingerprint density at radius 3 is 2.62 bits per heavy atom. The molecule has 1 heterocycles. The third-order valence-corrected chi connectivity index (χ3v) is 4.81. The van der Waals surface area contributed by atoms with E-state index in [2.05, 4.69) is 4.72 Å². The maximum absolute atomic E-state index is 11.8. The third kappa shape index (κ3) is 4.37. The number of hydrogen-bond donors (Lipinski definition) is 2. The van der Waals surface area contributed by atoms with Gasteiger partial charge in [-0.05, 0) is 25.7 Å². The van der Waals surface area contributed by atoms with E-state index in [-0.39, 0.29) is 5.25 Å². The second-order valence-corrected chi connectivity index (χ2v) is 6.15. The van der Waals surface area contributed by atoms with Crippen molar-refractivity contribution < 1.29 is 18.3 Å². The molecule has 1 unspecified atom stereocenters. The van der Waals surface area contributed by atoms with Crippen molar-refractivity contribution in [1.29, 1.82) is 0 Å². The lowest BCUT2D eigenvalue weighted by Crippen LogP contribution is -2.39. The van der Waals surface area contributed by atoms with Gasteiger partial charge in [-0.25, -0.2) is 13.1 Å². The molecule has 0 amide bonds. The van der Waals surface area contributed by atoms with Gasteiger partial charge in [0.05, 0.1) is 11.4 Å². The van der Waals surface area contributed by atoms with E-state index in [0.29, 0.717) is 45.4 Å². The van der Waals surface area contributed by atoms with Crippen LogP contribution in [0.15, 0.2) is 0 Å². The van der Waals surface area contributed by atoms with E-state index in [1.165, 1.54) is 0 Å². The summed E-state index contributed by atoms with van der Waals surface area (Å²) in [5.74, 6) is 0. The van der Waals surface area contributed by atoms with E-state index >= 15 is 0 Å². The molecule has 0 aliphatic carbocycles. The molecule has 16 heavy (non-hydrogen) atoms. The molecule has 0 radical (unpaired) electrons. The number of ether oxygens (including phenoxy) is 1. The lowest BCUT2D eigenvalue weighted by atomic mass is 10.2. The third-order valence-electron chi connectivity index (χ3n) is 2.86. The van der Waals surface area contributed by atoms with Crippen molar-refractivity contribution in [2.45, 2.75) is 44.0 Å². The van der Waals surface area contributed by atoms with Crippen LogP contribution in [0.5, 0.6) is 0 Å². The fraction of sp³-hybridized carbons (Fsp3) is 1.00. The minimum atomic E-state index is -3.23. The van der Waals surface area contributed by atoms with Gasteiger partial charge in [-0.15, -0.1) is 0 Å². The molecule has 1 saturated heterocycles. The summed E-state index contributed by atoms with van der Waals surface area (Å²) < 4.78 is 31.3. The van der Waals surface area contributed by atoms with Gasteiger partial charge in [0.2, 0.25) is 10.0 Å². The highest BCUT2D eigenvalue weighted by atomic mass is 32.2. The summed E-state index contributed by atoms with van der Waals surface area (Å²) in [6.45, 7) is 3.22. The SMILES string of the molecule is CCC(O)CCNS(=O)(=O)C1CCOCC1. The Balaban J connectivity index is 2.33. The zero-order valence-electron chi connectivity index (χ0n) is 9.68. The number of hydrogen-bond acceptors (Lipinski definition) is 4. The van der Waals surface area contributed by atoms with Crippen molar-refractivity contribution in [1.82, 2.24) is 4.72 Å². The first kappa shape index (κ1) is 13.9. The highest BCUT2D eigenvalue weighted by molar-refractivity contribution is 7.90. The van der Waals surface area contributed by atoms with Crippen LogP contribution in [0.25, 0.3) is 0 Å². The van der Waals surface area contributed by atoms with E-state index in [4.69, 9.17) is 4.74 Å². The van der Waals surface area contributed by atoms with Crippen LogP contribution in [-0.2, 0) is 14.8 Å². The Labute approximate surface area is 97.2 Å². The normalized spacial score (nSPS) is 20.9. The minimum absolute atomic E-state index is 0.314. The van der Waals surface area contributed by atoms with Gasteiger partial charge in [0, 0.05) is 19.8 Å². The van der Waals surface area contributed by atoms with Crippen LogP contribution in [0.1, 0.15) is 32.6 Å². The van der Waals surface area contributed by atoms with Gasteiger partial charge in [0.15, 0.2) is 0 Å². The molecule has 5 nitrogen and oxygen atoms in total. The van der Waals surface area contributed by atoms with Crippen molar-refractivity contribution in [2.24, 2.45) is 0 Å². The molecule has 6 heteroatoms. The molecule has 1 rings (SSSR count). The van der Waals surface area contributed by atoms with Crippen LogP contribution in [0.2, 0.25) is 0 Å². The number of rotatable bonds is 6. The summed E-state index contributed by atoms with van der Waals surface area (Å²) in [7, 11) is -3.23. The summed E-state index contributed by atoms with van der Waals surface area (Å²) >= 11 is 0. The Hall–Kier alpha value is -0.170. The van der Waals surface area contributed by atoms with Gasteiger partial charge in [-0.1, -0.05) is 6.92 Å². The standard InChI is InChI=1S/C10H21NO4S/c1-2-9(12)3-6-11-16(13,14)10-4-7-15-8-5-10/h9-12H,2-8H2,1H3. The molecule has 1 atom stereocenters. The van der Waals surface area contributed by atoms with Crippen molar-refractivity contribution in [2.75, 3.05) is 19.8 Å². The van der Waals surface area contributed by atoms with Crippen molar-refractivity contribution >= 4 is 10.0 Å². The average molecular weight is 251 g/mol. The molecule has 0 bridgehead atoms. The molecule has 0 aromatic carbocycles. The van der Waals surface area contributed by atoms with Crippen molar-refractivity contribution in [3.63, 3.8) is 0 Å². The number of aliphatic hydroxyl groups excluding tert-OH is 1. The molecular formula is C10H21NO4S. The molecule has 2 N–H and O–H groups in total. The van der Waals surface area contributed by atoms with Gasteiger partial charge in [0.1, 0.15) is 0 Å². The largest absolute Gasteiger partial charge is 0.393 e. The molecular weight excluding hydrogens is 230 g/mol. The number of aliphatic hydroxyl groups is 1. The minimum Gasteiger partial charge on any atom is -0.393 e. The van der Waals surface area contributed by atoms with Gasteiger partial charge in [-0.3, -0.25) is 0 Å². The van der Waals surface area contributed by atoms with Crippen molar-refractivity contribution in [3.05, 3.63) is 0 Å². The average Bonchev–Trinajstić information content (AvgIpc) is 2.30. The summed E-state index contributed by atoms with van der Waals surface area (Å²) in [4.78, 5) is 0. The van der Waals surface area contributed by atoms with Gasteiger partial charge < -0.3 is 9.84 Å². The summed E-state index contributed by atoms with van der Waals surface area (Å²) in [5, 5.41) is 8.98. The predicted octanol–water partition coefficient (Wildman–Crippen LogP) is 0.246. The zero-order valence-corrected chi connectivity index (χ0v) is 10.5. The fourth-order valence-electron chi connectivity index (χ4n) is 1.68. The second kappa shape index (κ2) is 6.54. The Kier molecular flexibility index (Phi) is 5.68. The number of nitrogens with one attached hydrogen (secondary N) is 1. The summed E-state index contributed by atoms with van der Waals surface area (Å²) in [6.07, 6.45) is 1.83. The smallest absolute Gasteiger partial charge is 0.214 e. The molecule has 0 aromatic rings. The Morgan fingerprint density at radius 1 is 1.44 bits per heavy atom. The molecule has 1 aliphatic rings. The first-order chi connectivity index (χ1) is 7.56. The van der Waals surface area contributed by atoms with Crippen LogP contribution < -0.4 is 4.72 Å².